The summed E-state index contributed by atoms with van der Waals surface area (Å²) in [6.07, 6.45) is 0.786. The van der Waals surface area contributed by atoms with Gasteiger partial charge in [-0.25, -0.2) is 0 Å². The standard InChI is InChI=1S/C13H20N2OS/c1-10(2)6-13(3,16)9-15-8-12-5-4-11(7-14)17-12/h4-5,10,15-16H,6,8-9H2,1-3H3. The number of rotatable bonds is 6. The summed E-state index contributed by atoms with van der Waals surface area (Å²) in [5, 5.41) is 22.0. The monoisotopic (exact) mass is 252 g/mol. The molecule has 0 spiro atoms. The number of nitrogens with one attached hydrogen (secondary N) is 1. The van der Waals surface area contributed by atoms with Crippen LogP contribution in [0.15, 0.2) is 12.1 Å². The van der Waals surface area contributed by atoms with Gasteiger partial charge in [0.2, 0.25) is 0 Å². The van der Waals surface area contributed by atoms with Gasteiger partial charge in [-0.1, -0.05) is 13.8 Å². The van der Waals surface area contributed by atoms with Crippen molar-refractivity contribution in [3.8, 4) is 6.07 Å². The Morgan fingerprint density at radius 2 is 2.24 bits per heavy atom. The zero-order valence-electron chi connectivity index (χ0n) is 10.7. The SMILES string of the molecule is CC(C)CC(C)(O)CNCc1ccc(C#N)s1. The number of nitrogens with zero attached hydrogens (tertiary/aromatic N) is 1. The van der Waals surface area contributed by atoms with E-state index in [9.17, 15) is 5.11 Å². The van der Waals surface area contributed by atoms with E-state index in [-0.39, 0.29) is 0 Å². The van der Waals surface area contributed by atoms with Gasteiger partial charge in [-0.3, -0.25) is 0 Å². The van der Waals surface area contributed by atoms with Crippen molar-refractivity contribution >= 4 is 11.3 Å². The van der Waals surface area contributed by atoms with Crippen LogP contribution in [0.1, 0.15) is 36.9 Å². The summed E-state index contributed by atoms with van der Waals surface area (Å²) in [5.74, 6) is 0.485. The lowest BCUT2D eigenvalue weighted by Gasteiger charge is -2.25. The molecule has 3 nitrogen and oxygen atoms in total. The molecule has 1 atom stereocenters. The Bertz CT molecular complexity index is 390. The summed E-state index contributed by atoms with van der Waals surface area (Å²) in [5.41, 5.74) is -0.663. The fourth-order valence-electron chi connectivity index (χ4n) is 1.94. The van der Waals surface area contributed by atoms with Crippen molar-refractivity contribution in [1.82, 2.24) is 5.32 Å². The Hall–Kier alpha value is -0.890. The molecule has 1 aromatic rings. The minimum absolute atomic E-state index is 0.485. The quantitative estimate of drug-likeness (QED) is 0.818. The molecule has 1 heterocycles. The third-order valence-corrected chi connectivity index (χ3v) is 3.41. The molecule has 0 fully saturated rings. The average Bonchev–Trinajstić information content (AvgIpc) is 2.63. The molecule has 0 amide bonds. The molecule has 0 aliphatic heterocycles. The van der Waals surface area contributed by atoms with Crippen LogP contribution in [-0.4, -0.2) is 17.3 Å². The molecule has 17 heavy (non-hydrogen) atoms. The van der Waals surface area contributed by atoms with Gasteiger partial charge in [0.15, 0.2) is 0 Å². The third kappa shape index (κ3) is 5.31. The minimum atomic E-state index is -0.663. The molecule has 0 aliphatic rings. The second-order valence-electron chi connectivity index (χ2n) is 5.08. The molecular weight excluding hydrogens is 232 g/mol. The van der Waals surface area contributed by atoms with E-state index in [1.54, 1.807) is 0 Å². The fraction of sp³-hybridized carbons (Fsp3) is 0.615. The Balaban J connectivity index is 2.35. The van der Waals surface area contributed by atoms with Gasteiger partial charge in [0, 0.05) is 18.0 Å². The van der Waals surface area contributed by atoms with Gasteiger partial charge in [0.05, 0.1) is 5.60 Å². The summed E-state index contributed by atoms with van der Waals surface area (Å²) >= 11 is 1.49. The molecule has 2 N–H and O–H groups in total. The maximum atomic E-state index is 10.1. The largest absolute Gasteiger partial charge is 0.389 e. The number of thiophene rings is 1. The van der Waals surface area contributed by atoms with Gasteiger partial charge in [-0.2, -0.15) is 5.26 Å². The molecule has 1 aromatic heterocycles. The van der Waals surface area contributed by atoms with Crippen LogP contribution < -0.4 is 5.32 Å². The van der Waals surface area contributed by atoms with Gasteiger partial charge in [0.25, 0.3) is 0 Å². The molecule has 1 rings (SSSR count). The van der Waals surface area contributed by atoms with Gasteiger partial charge in [-0.05, 0) is 31.4 Å². The predicted molar refractivity (Wildman–Crippen MR) is 70.8 cm³/mol. The van der Waals surface area contributed by atoms with Crippen molar-refractivity contribution in [1.29, 1.82) is 5.26 Å². The van der Waals surface area contributed by atoms with Crippen LogP contribution in [0.4, 0.5) is 0 Å². The van der Waals surface area contributed by atoms with Crippen molar-refractivity contribution in [3.05, 3.63) is 21.9 Å². The first-order valence-electron chi connectivity index (χ1n) is 5.85. The van der Waals surface area contributed by atoms with Crippen molar-refractivity contribution in [2.45, 2.75) is 39.3 Å². The van der Waals surface area contributed by atoms with E-state index >= 15 is 0 Å². The normalized spacial score (nSPS) is 14.6. The second kappa shape index (κ2) is 6.15. The first kappa shape index (κ1) is 14.2. The molecule has 4 heteroatoms. The molecule has 0 saturated heterocycles. The molecule has 0 saturated carbocycles. The van der Waals surface area contributed by atoms with Crippen molar-refractivity contribution in [3.63, 3.8) is 0 Å². The number of hydrogen-bond acceptors (Lipinski definition) is 4. The van der Waals surface area contributed by atoms with E-state index in [0.717, 1.165) is 16.2 Å². The summed E-state index contributed by atoms with van der Waals surface area (Å²) in [6.45, 7) is 7.35. The van der Waals surface area contributed by atoms with Crippen LogP contribution in [0.3, 0.4) is 0 Å². The second-order valence-corrected chi connectivity index (χ2v) is 6.24. The molecule has 1 unspecified atom stereocenters. The lowest BCUT2D eigenvalue weighted by atomic mass is 9.94. The van der Waals surface area contributed by atoms with Crippen molar-refractivity contribution < 1.29 is 5.11 Å². The van der Waals surface area contributed by atoms with Crippen LogP contribution in [-0.2, 0) is 6.54 Å². The molecule has 0 bridgehead atoms. The summed E-state index contributed by atoms with van der Waals surface area (Å²) in [4.78, 5) is 1.86. The number of hydrogen-bond donors (Lipinski definition) is 2. The van der Waals surface area contributed by atoms with E-state index < -0.39 is 5.60 Å². The highest BCUT2D eigenvalue weighted by molar-refractivity contribution is 7.12. The number of aliphatic hydroxyl groups is 1. The van der Waals surface area contributed by atoms with Crippen LogP contribution in [0.5, 0.6) is 0 Å². The van der Waals surface area contributed by atoms with Crippen LogP contribution in [0.2, 0.25) is 0 Å². The van der Waals surface area contributed by atoms with Gasteiger partial charge in [-0.15, -0.1) is 11.3 Å². The smallest absolute Gasteiger partial charge is 0.110 e. The van der Waals surface area contributed by atoms with Crippen LogP contribution >= 0.6 is 11.3 Å². The summed E-state index contributed by atoms with van der Waals surface area (Å²) in [6, 6.07) is 5.90. The summed E-state index contributed by atoms with van der Waals surface area (Å²) < 4.78 is 0. The van der Waals surface area contributed by atoms with Crippen LogP contribution in [0, 0.1) is 17.2 Å². The lowest BCUT2D eigenvalue weighted by Crippen LogP contribution is -2.38. The third-order valence-electron chi connectivity index (χ3n) is 2.42. The Labute approximate surface area is 107 Å². The van der Waals surface area contributed by atoms with Gasteiger partial charge >= 0.3 is 0 Å². The number of nitriles is 1. The fourth-order valence-corrected chi connectivity index (χ4v) is 2.71. The Morgan fingerprint density at radius 1 is 1.53 bits per heavy atom. The highest BCUT2D eigenvalue weighted by Gasteiger charge is 2.21. The maximum Gasteiger partial charge on any atom is 0.110 e. The van der Waals surface area contributed by atoms with E-state index in [0.29, 0.717) is 19.0 Å². The van der Waals surface area contributed by atoms with Crippen molar-refractivity contribution in [2.24, 2.45) is 5.92 Å². The van der Waals surface area contributed by atoms with Gasteiger partial charge in [0.1, 0.15) is 10.9 Å². The lowest BCUT2D eigenvalue weighted by molar-refractivity contribution is 0.0384. The highest BCUT2D eigenvalue weighted by atomic mass is 32.1. The Kier molecular flexibility index (Phi) is 5.13. The molecule has 94 valence electrons. The highest BCUT2D eigenvalue weighted by Crippen LogP contribution is 2.17. The molecule has 0 aromatic carbocycles. The average molecular weight is 252 g/mol. The molecule has 0 radical (unpaired) electrons. The van der Waals surface area contributed by atoms with E-state index in [2.05, 4.69) is 25.2 Å². The van der Waals surface area contributed by atoms with Gasteiger partial charge < -0.3 is 10.4 Å². The van der Waals surface area contributed by atoms with Crippen LogP contribution in [0.25, 0.3) is 0 Å². The topological polar surface area (TPSA) is 56.0 Å². The molecule has 0 aliphatic carbocycles. The Morgan fingerprint density at radius 3 is 2.76 bits per heavy atom. The van der Waals surface area contributed by atoms with Crippen molar-refractivity contribution in [2.75, 3.05) is 6.54 Å². The zero-order valence-corrected chi connectivity index (χ0v) is 11.5. The molecular formula is C13H20N2OS. The van der Waals surface area contributed by atoms with E-state index in [1.807, 2.05) is 19.1 Å². The van der Waals surface area contributed by atoms with E-state index in [1.165, 1.54) is 11.3 Å². The zero-order chi connectivity index (χ0) is 12.9. The minimum Gasteiger partial charge on any atom is -0.389 e. The maximum absolute atomic E-state index is 10.1. The predicted octanol–water partition coefficient (Wildman–Crippen LogP) is 2.51. The first-order chi connectivity index (χ1) is 7.93. The first-order valence-corrected chi connectivity index (χ1v) is 6.66. The van der Waals surface area contributed by atoms with E-state index in [4.69, 9.17) is 5.26 Å². The summed E-state index contributed by atoms with van der Waals surface area (Å²) in [7, 11) is 0.